The normalized spacial score (nSPS) is 14.7. The Labute approximate surface area is 349 Å². The molecule has 1 fully saturated rings. The maximum atomic E-state index is 12.0. The average Bonchev–Trinajstić information content (AvgIpc) is 2.96. The predicted molar refractivity (Wildman–Crippen MR) is 241 cm³/mol. The van der Waals surface area contributed by atoms with Crippen molar-refractivity contribution in [1.29, 1.82) is 0 Å². The number of nitrogens with zero attached hydrogens (tertiary/aromatic N) is 1. The first-order chi connectivity index (χ1) is 23.9. The zero-order chi connectivity index (χ0) is 41.6. The third-order valence-electron chi connectivity index (χ3n) is 7.37. The fourth-order valence-corrected chi connectivity index (χ4v) is 23.1. The van der Waals surface area contributed by atoms with E-state index in [0.717, 1.165) is 31.4 Å². The number of hydrogen-bond acceptors (Lipinski definition) is 4. The van der Waals surface area contributed by atoms with Gasteiger partial charge in [0.1, 0.15) is 26.2 Å². The molecule has 0 aromatic heterocycles. The van der Waals surface area contributed by atoms with Crippen molar-refractivity contribution >= 4 is 59.3 Å². The second kappa shape index (κ2) is 33.0. The Balaban J connectivity index is -0.000000149. The first-order valence-electron chi connectivity index (χ1n) is 18.2. The van der Waals surface area contributed by atoms with Crippen LogP contribution in [0.3, 0.4) is 0 Å². The molecule has 1 atom stereocenters. The van der Waals surface area contributed by atoms with Crippen LogP contribution in [0.1, 0.15) is 61.8 Å². The number of anilines is 1. The molecule has 1 saturated heterocycles. The number of alkyl halides is 12. The lowest BCUT2D eigenvalue weighted by Crippen LogP contribution is -2.57. The minimum atomic E-state index is -4.02. The monoisotopic (exact) mass is 952 g/mol. The summed E-state index contributed by atoms with van der Waals surface area (Å²) < 4.78 is 149. The fourth-order valence-electron chi connectivity index (χ4n) is 5.31. The van der Waals surface area contributed by atoms with Crippen LogP contribution in [0.2, 0.25) is 82.6 Å². The molecule has 0 radical (unpaired) electrons. The highest BCUT2D eigenvalue weighted by Gasteiger charge is 2.34. The molecule has 4 nitrogen and oxygen atoms in total. The Kier molecular flexibility index (Phi) is 39.5. The van der Waals surface area contributed by atoms with Crippen LogP contribution in [-0.2, 0) is 0 Å². The van der Waals surface area contributed by atoms with Gasteiger partial charge < -0.3 is 19.2 Å². The number of likely N-dealkylation sites (tertiary alicyclic amines) is 1. The quantitative estimate of drug-likeness (QED) is 0.0931. The highest BCUT2D eigenvalue weighted by atomic mass is 28.4. The molecule has 0 saturated carbocycles. The molecule has 1 unspecified atom stereocenters. The molecule has 0 aliphatic carbocycles. The highest BCUT2D eigenvalue weighted by molar-refractivity contribution is 6.90. The second-order valence-electron chi connectivity index (χ2n) is 15.4. The summed E-state index contributed by atoms with van der Waals surface area (Å²) in [5, 5.41) is 0. The fraction of sp³-hybridized carbons (Fsp3) is 0.829. The van der Waals surface area contributed by atoms with Gasteiger partial charge in [0.15, 0.2) is 0 Å². The van der Waals surface area contributed by atoms with Gasteiger partial charge in [0.05, 0.1) is 24.0 Å². The number of benzene rings is 1. The van der Waals surface area contributed by atoms with Crippen molar-refractivity contribution in [2.45, 2.75) is 169 Å². The van der Waals surface area contributed by atoms with E-state index in [0.29, 0.717) is 6.04 Å². The summed E-state index contributed by atoms with van der Waals surface area (Å²) in [6.45, 7) is 19.5. The molecule has 1 aliphatic rings. The van der Waals surface area contributed by atoms with Crippen LogP contribution in [0.25, 0.3) is 0 Å². The number of piperidine rings is 1. The van der Waals surface area contributed by atoms with Gasteiger partial charge in [0.25, 0.3) is 0 Å². The Morgan fingerprint density at radius 3 is 1.54 bits per heavy atom. The van der Waals surface area contributed by atoms with E-state index >= 15 is 0 Å². The SMILES string of the molecule is C.C.C.C.C[SiH](C)N[SiH](C)CCC(F)(F)F.C[Si](C)(C)N[Si](C)(C)CCC(F)(F)F.FC(F)(F)C[SiH2]CCN1CCCCC1.FC(F)(F)C[SiH2]Nc1ccccc1. The first-order valence-corrected chi connectivity index (χ1v) is 34.1. The second-order valence-corrected chi connectivity index (χ2v) is 34.4. The van der Waals surface area contributed by atoms with Gasteiger partial charge >= 0.3 is 24.7 Å². The van der Waals surface area contributed by atoms with E-state index in [2.05, 4.69) is 51.9 Å². The average molecular weight is 954 g/mol. The zero-order valence-electron chi connectivity index (χ0n) is 32.6. The van der Waals surface area contributed by atoms with Gasteiger partial charge in [-0.1, -0.05) is 107 Å². The Hall–Kier alpha value is -0.639. The number of nitrogens with one attached hydrogen (secondary N) is 3. The van der Waals surface area contributed by atoms with Crippen molar-refractivity contribution in [2.24, 2.45) is 0 Å². The van der Waals surface area contributed by atoms with Crippen molar-refractivity contribution in [1.82, 2.24) is 14.2 Å². The molecule has 57 heavy (non-hydrogen) atoms. The maximum absolute atomic E-state index is 12.0. The van der Waals surface area contributed by atoms with Crippen LogP contribution >= 0.6 is 0 Å². The summed E-state index contributed by atoms with van der Waals surface area (Å²) in [5.41, 5.74) is 0.776. The summed E-state index contributed by atoms with van der Waals surface area (Å²) in [4.78, 5) is 5.13. The van der Waals surface area contributed by atoms with E-state index in [1.165, 1.54) is 19.3 Å². The lowest BCUT2D eigenvalue weighted by Gasteiger charge is -2.32. The number of hydrogen-bond donors (Lipinski definition) is 3. The molecule has 0 spiro atoms. The third-order valence-corrected chi connectivity index (χ3v) is 23.9. The van der Waals surface area contributed by atoms with Crippen molar-refractivity contribution in [3.63, 3.8) is 0 Å². The number of para-hydroxylation sites is 1. The molecule has 0 bridgehead atoms. The van der Waals surface area contributed by atoms with Crippen LogP contribution < -0.4 is 14.3 Å². The van der Waals surface area contributed by atoms with Gasteiger partial charge in [0.2, 0.25) is 0 Å². The molecular weight excluding hydrogens is 873 g/mol. The summed E-state index contributed by atoms with van der Waals surface area (Å²) in [7, 11) is -7.61. The lowest BCUT2D eigenvalue weighted by atomic mass is 10.1. The van der Waals surface area contributed by atoms with Crippen molar-refractivity contribution < 1.29 is 52.7 Å². The first kappa shape index (κ1) is 68.1. The summed E-state index contributed by atoms with van der Waals surface area (Å²) in [6.07, 6.45) is -13.4. The van der Waals surface area contributed by atoms with Crippen molar-refractivity contribution in [2.75, 3.05) is 24.6 Å². The van der Waals surface area contributed by atoms with Gasteiger partial charge in [-0.25, -0.2) is 0 Å². The van der Waals surface area contributed by atoms with E-state index in [1.54, 1.807) is 24.3 Å². The number of halogens is 12. The largest absolute Gasteiger partial charge is 0.415 e. The van der Waals surface area contributed by atoms with Crippen LogP contribution in [0, 0.1) is 0 Å². The van der Waals surface area contributed by atoms with Gasteiger partial charge in [-0.05, 0) is 62.7 Å². The van der Waals surface area contributed by atoms with Gasteiger partial charge in [-0.2, -0.15) is 52.7 Å². The predicted octanol–water partition coefficient (Wildman–Crippen LogP) is 12.2. The molecule has 3 N–H and O–H groups in total. The topological polar surface area (TPSA) is 39.3 Å². The molecule has 2 rings (SSSR count). The Morgan fingerprint density at radius 2 is 1.14 bits per heavy atom. The highest BCUT2D eigenvalue weighted by Crippen LogP contribution is 2.26. The molecule has 1 aromatic carbocycles. The van der Waals surface area contributed by atoms with Crippen molar-refractivity contribution in [3.05, 3.63) is 30.3 Å². The summed E-state index contributed by atoms with van der Waals surface area (Å²) in [5.74, 6) is 0. The number of rotatable bonds is 15. The molecule has 1 aliphatic heterocycles. The van der Waals surface area contributed by atoms with Crippen LogP contribution in [0.4, 0.5) is 58.4 Å². The van der Waals surface area contributed by atoms with Gasteiger partial charge in [0, 0.05) is 34.1 Å². The molecule has 22 heteroatoms. The van der Waals surface area contributed by atoms with Crippen LogP contribution in [0.5, 0.6) is 0 Å². The van der Waals surface area contributed by atoms with E-state index in [1.807, 2.05) is 25.7 Å². The van der Waals surface area contributed by atoms with Crippen LogP contribution in [-0.4, -0.2) is 103 Å². The van der Waals surface area contributed by atoms with E-state index in [-0.39, 0.29) is 35.8 Å². The van der Waals surface area contributed by atoms with E-state index in [9.17, 15) is 52.7 Å². The minimum absolute atomic E-state index is 0. The van der Waals surface area contributed by atoms with Gasteiger partial charge in [-0.15, -0.1) is 0 Å². The Bertz CT molecular complexity index is 1040. The van der Waals surface area contributed by atoms with Crippen LogP contribution in [0.15, 0.2) is 30.3 Å². The minimum Gasteiger partial charge on any atom is -0.415 e. The van der Waals surface area contributed by atoms with E-state index in [4.69, 9.17) is 0 Å². The maximum Gasteiger partial charge on any atom is 0.388 e. The smallest absolute Gasteiger partial charge is 0.388 e. The van der Waals surface area contributed by atoms with E-state index < -0.39 is 103 Å². The molecular formula is C35H80F12N4Si6. The Morgan fingerprint density at radius 1 is 0.667 bits per heavy atom. The lowest BCUT2D eigenvalue weighted by molar-refractivity contribution is -0.131. The standard InChI is InChI=1S/C9H18F3NSi.C8H20F3NSi2.C8H10F3NSi.C6H16F3NSi2.4CH4/c10-9(11,12)8-14-7-6-13-4-2-1-3-5-13;1-13(2,3)12-14(4,5)7-6-8(9,10)11;9-8(10,11)6-13-12-7-4-2-1-3-5-7;1-11(2)10-12(3)5-4-6(7,8)9;;;;/h1-8,14H2;12H,6-7H2,1-5H3;1-5,12H,6,13H2;10-12H,4-5H2,1-3H3;4*1H4. The molecule has 348 valence electrons. The third kappa shape index (κ3) is 55.4. The van der Waals surface area contributed by atoms with Gasteiger partial charge in [-0.3, -0.25) is 0 Å². The molecule has 1 aromatic rings. The summed E-state index contributed by atoms with van der Waals surface area (Å²) in [6, 6.07) is 9.23. The molecule has 1 heterocycles. The zero-order valence-corrected chi connectivity index (χ0v) is 39.8. The molecule has 0 amide bonds. The van der Waals surface area contributed by atoms with Crippen molar-refractivity contribution in [3.8, 4) is 0 Å². The summed E-state index contributed by atoms with van der Waals surface area (Å²) >= 11 is 0.